The molecule has 0 aliphatic heterocycles. The fraction of sp³-hybridized carbons (Fsp3) is 0.385. The minimum absolute atomic E-state index is 0.0472. The molecule has 2 aromatic heterocycles. The van der Waals surface area contributed by atoms with Gasteiger partial charge >= 0.3 is 5.69 Å². The first-order valence-electron chi connectivity index (χ1n) is 6.63. The largest absolute Gasteiger partial charge is 0.350 e. The zero-order chi connectivity index (χ0) is 15.9. The highest BCUT2D eigenvalue weighted by Crippen LogP contribution is 2.45. The normalized spacial score (nSPS) is 15.0. The van der Waals surface area contributed by atoms with Gasteiger partial charge in [0, 0.05) is 23.2 Å². The molecule has 0 unspecified atom stereocenters. The molecule has 22 heavy (non-hydrogen) atoms. The van der Waals surface area contributed by atoms with Crippen molar-refractivity contribution in [2.24, 2.45) is 0 Å². The third-order valence-corrected chi connectivity index (χ3v) is 7.21. The molecule has 9 heteroatoms. The van der Waals surface area contributed by atoms with Gasteiger partial charge in [0.2, 0.25) is 0 Å². The second-order valence-electron chi connectivity index (χ2n) is 5.22. The van der Waals surface area contributed by atoms with Crippen LogP contribution in [0.2, 0.25) is 0 Å². The molecule has 1 aliphatic rings. The van der Waals surface area contributed by atoms with Crippen LogP contribution in [0.4, 0.5) is 10.7 Å². The molecular formula is C13H14N2O4S3. The van der Waals surface area contributed by atoms with Gasteiger partial charge in [-0.3, -0.25) is 10.1 Å². The number of hydrogen-bond donors (Lipinski definition) is 0. The highest BCUT2D eigenvalue weighted by Gasteiger charge is 2.36. The van der Waals surface area contributed by atoms with E-state index >= 15 is 0 Å². The number of anilines is 1. The molecule has 1 fully saturated rings. The third kappa shape index (κ3) is 3.16. The van der Waals surface area contributed by atoms with E-state index in [4.69, 9.17) is 0 Å². The zero-order valence-electron chi connectivity index (χ0n) is 11.8. The minimum atomic E-state index is -3.45. The first-order valence-corrected chi connectivity index (χ1v) is 10.2. The van der Waals surface area contributed by atoms with Crippen LogP contribution >= 0.6 is 22.7 Å². The van der Waals surface area contributed by atoms with Crippen LogP contribution in [0, 0.1) is 10.1 Å². The molecule has 0 N–H and O–H groups in total. The molecule has 6 nitrogen and oxygen atoms in total. The van der Waals surface area contributed by atoms with Crippen LogP contribution < -0.4 is 4.90 Å². The van der Waals surface area contributed by atoms with Crippen molar-refractivity contribution >= 4 is 43.2 Å². The van der Waals surface area contributed by atoms with E-state index in [9.17, 15) is 18.5 Å². The molecule has 2 heterocycles. The molecule has 2 aromatic rings. The predicted molar refractivity (Wildman–Crippen MR) is 87.6 cm³/mol. The van der Waals surface area contributed by atoms with E-state index in [-0.39, 0.29) is 15.9 Å². The van der Waals surface area contributed by atoms with Crippen LogP contribution in [0.5, 0.6) is 0 Å². The van der Waals surface area contributed by atoms with Gasteiger partial charge in [-0.25, -0.2) is 8.42 Å². The highest BCUT2D eigenvalue weighted by molar-refractivity contribution is 7.92. The Bertz CT molecular complexity index is 791. The lowest BCUT2D eigenvalue weighted by Crippen LogP contribution is -2.24. The lowest BCUT2D eigenvalue weighted by atomic mass is 10.3. The number of rotatable bonds is 6. The molecule has 1 aliphatic carbocycles. The van der Waals surface area contributed by atoms with Crippen molar-refractivity contribution in [3.8, 4) is 0 Å². The summed E-state index contributed by atoms with van der Waals surface area (Å²) < 4.78 is 23.5. The minimum Gasteiger partial charge on any atom is -0.350 e. The maximum atomic E-state index is 11.7. The van der Waals surface area contributed by atoms with Gasteiger partial charge in [-0.2, -0.15) is 0 Å². The van der Waals surface area contributed by atoms with Crippen LogP contribution in [0.3, 0.4) is 0 Å². The van der Waals surface area contributed by atoms with Crippen molar-refractivity contribution in [3.05, 3.63) is 38.6 Å². The summed E-state index contributed by atoms with van der Waals surface area (Å²) in [5.74, 6) is 0. The van der Waals surface area contributed by atoms with Crippen LogP contribution in [-0.4, -0.2) is 25.6 Å². The van der Waals surface area contributed by atoms with Crippen LogP contribution in [0.25, 0.3) is 0 Å². The average Bonchev–Trinajstić information content (AvgIpc) is 2.96. The van der Waals surface area contributed by atoms with Crippen LogP contribution in [0.15, 0.2) is 27.8 Å². The van der Waals surface area contributed by atoms with Crippen molar-refractivity contribution in [1.29, 1.82) is 0 Å². The Hall–Kier alpha value is -1.45. The number of thiophene rings is 2. The molecule has 0 radical (unpaired) electrons. The number of nitro groups is 1. The van der Waals surface area contributed by atoms with E-state index < -0.39 is 14.8 Å². The maximum Gasteiger partial charge on any atom is 0.305 e. The Balaban J connectivity index is 2.03. The van der Waals surface area contributed by atoms with Crippen LogP contribution in [0.1, 0.15) is 17.7 Å². The molecule has 0 bridgehead atoms. The summed E-state index contributed by atoms with van der Waals surface area (Å²) in [7, 11) is -3.45. The molecule has 1 saturated carbocycles. The van der Waals surface area contributed by atoms with Gasteiger partial charge < -0.3 is 4.90 Å². The number of sulfone groups is 1. The Morgan fingerprint density at radius 3 is 2.68 bits per heavy atom. The van der Waals surface area contributed by atoms with Gasteiger partial charge in [0.15, 0.2) is 14.8 Å². The van der Waals surface area contributed by atoms with E-state index in [2.05, 4.69) is 0 Å². The van der Waals surface area contributed by atoms with Crippen molar-refractivity contribution in [3.63, 3.8) is 0 Å². The standard InChI is InChI=1S/C13H14N2O4S3/c1-22(18,19)12-7-11(15(16)17)13(21-12)14(9-4-5-9)8-10-3-2-6-20-10/h2-3,6-7,9H,4-5,8H2,1H3. The lowest BCUT2D eigenvalue weighted by Gasteiger charge is -2.21. The van der Waals surface area contributed by atoms with Gasteiger partial charge in [0.05, 0.1) is 11.5 Å². The molecule has 0 saturated heterocycles. The van der Waals surface area contributed by atoms with E-state index in [1.807, 2.05) is 22.4 Å². The summed E-state index contributed by atoms with van der Waals surface area (Å²) in [4.78, 5) is 13.9. The van der Waals surface area contributed by atoms with Crippen molar-refractivity contribution in [1.82, 2.24) is 0 Å². The van der Waals surface area contributed by atoms with Gasteiger partial charge in [0.1, 0.15) is 4.21 Å². The third-order valence-electron chi connectivity index (χ3n) is 3.39. The second-order valence-corrected chi connectivity index (χ2v) is 9.53. The highest BCUT2D eigenvalue weighted by atomic mass is 32.2. The molecule has 0 spiro atoms. The Kier molecular flexibility index (Phi) is 3.96. The van der Waals surface area contributed by atoms with Gasteiger partial charge in [0.25, 0.3) is 0 Å². The molecule has 3 rings (SSSR count). The summed E-state index contributed by atoms with van der Waals surface area (Å²) in [5, 5.41) is 13.7. The fourth-order valence-electron chi connectivity index (χ4n) is 2.19. The van der Waals surface area contributed by atoms with E-state index in [0.29, 0.717) is 11.5 Å². The number of hydrogen-bond acceptors (Lipinski definition) is 7. The van der Waals surface area contributed by atoms with E-state index in [1.54, 1.807) is 11.3 Å². The van der Waals surface area contributed by atoms with Crippen molar-refractivity contribution in [2.45, 2.75) is 29.6 Å². The Morgan fingerprint density at radius 1 is 1.45 bits per heavy atom. The Labute approximate surface area is 136 Å². The molecule has 0 atom stereocenters. The quantitative estimate of drug-likeness (QED) is 0.585. The van der Waals surface area contributed by atoms with E-state index in [1.165, 1.54) is 6.07 Å². The summed E-state index contributed by atoms with van der Waals surface area (Å²) in [5.41, 5.74) is -0.117. The fourth-order valence-corrected chi connectivity index (χ4v) is 4.99. The first-order chi connectivity index (χ1) is 10.4. The van der Waals surface area contributed by atoms with Crippen molar-refractivity contribution < 1.29 is 13.3 Å². The topological polar surface area (TPSA) is 80.5 Å². The maximum absolute atomic E-state index is 11.7. The smallest absolute Gasteiger partial charge is 0.305 e. The summed E-state index contributed by atoms with van der Waals surface area (Å²) in [6.45, 7) is 0.576. The Morgan fingerprint density at radius 2 is 2.18 bits per heavy atom. The second kappa shape index (κ2) is 5.64. The van der Waals surface area contributed by atoms with Crippen LogP contribution in [-0.2, 0) is 16.4 Å². The SMILES string of the molecule is CS(=O)(=O)c1cc([N+](=O)[O-])c(N(Cc2cccs2)C2CC2)s1. The van der Waals surface area contributed by atoms with Crippen molar-refractivity contribution in [2.75, 3.05) is 11.2 Å². The molecular weight excluding hydrogens is 344 g/mol. The molecule has 0 amide bonds. The monoisotopic (exact) mass is 358 g/mol. The van der Waals surface area contributed by atoms with E-state index in [0.717, 1.165) is 35.3 Å². The first kappa shape index (κ1) is 15.4. The van der Waals surface area contributed by atoms with Gasteiger partial charge in [-0.05, 0) is 24.3 Å². The van der Waals surface area contributed by atoms with Gasteiger partial charge in [-0.15, -0.1) is 11.3 Å². The summed E-state index contributed by atoms with van der Waals surface area (Å²) in [6, 6.07) is 5.36. The number of nitrogens with zero attached hydrogens (tertiary/aromatic N) is 2. The average molecular weight is 358 g/mol. The molecule has 0 aromatic carbocycles. The van der Waals surface area contributed by atoms with Gasteiger partial charge in [-0.1, -0.05) is 17.4 Å². The zero-order valence-corrected chi connectivity index (χ0v) is 14.2. The summed E-state index contributed by atoms with van der Waals surface area (Å²) in [6.07, 6.45) is 3.04. The lowest BCUT2D eigenvalue weighted by molar-refractivity contribution is -0.383. The predicted octanol–water partition coefficient (Wildman–Crippen LogP) is 3.29. The molecule has 118 valence electrons. The summed E-state index contributed by atoms with van der Waals surface area (Å²) >= 11 is 2.59.